The maximum atomic E-state index is 13.1. The lowest BCUT2D eigenvalue weighted by Crippen LogP contribution is -2.49. The average Bonchev–Trinajstić information content (AvgIpc) is 3.18. The molecule has 2 aromatic carbocycles. The Morgan fingerprint density at radius 1 is 1.04 bits per heavy atom. The summed E-state index contributed by atoms with van der Waals surface area (Å²) in [7, 11) is 0. The van der Waals surface area contributed by atoms with E-state index in [0.717, 1.165) is 55.6 Å². The van der Waals surface area contributed by atoms with Gasteiger partial charge in [0.05, 0.1) is 0 Å². The van der Waals surface area contributed by atoms with Gasteiger partial charge in [-0.05, 0) is 63.4 Å². The van der Waals surface area contributed by atoms with E-state index >= 15 is 0 Å². The van der Waals surface area contributed by atoms with Crippen molar-refractivity contribution >= 4 is 11.6 Å². The fourth-order valence-corrected chi connectivity index (χ4v) is 4.34. The third-order valence-electron chi connectivity index (χ3n) is 5.57. The molecule has 2 saturated heterocycles. The summed E-state index contributed by atoms with van der Waals surface area (Å²) in [5.41, 5.74) is 4.10. The smallest absolute Gasteiger partial charge is 0.244 e. The van der Waals surface area contributed by atoms with Crippen LogP contribution in [0.15, 0.2) is 48.5 Å². The first-order valence-electron chi connectivity index (χ1n) is 8.92. The van der Waals surface area contributed by atoms with Crippen LogP contribution in [-0.4, -0.2) is 29.4 Å². The number of nitrogens with zero attached hydrogens (tertiary/aromatic N) is 1. The Hall–Kier alpha value is -2.13. The molecule has 3 heteroatoms. The molecule has 4 rings (SSSR count). The molecule has 0 unspecified atom stereocenters. The Labute approximate surface area is 143 Å². The quantitative estimate of drug-likeness (QED) is 0.918. The molecule has 2 aliphatic heterocycles. The normalized spacial score (nSPS) is 19.2. The highest BCUT2D eigenvalue weighted by Gasteiger charge is 2.50. The van der Waals surface area contributed by atoms with Crippen LogP contribution in [0, 0.1) is 6.92 Å². The van der Waals surface area contributed by atoms with Crippen LogP contribution in [0.25, 0.3) is 11.1 Å². The highest BCUT2D eigenvalue weighted by molar-refractivity contribution is 6.01. The number of aryl methyl sites for hydroxylation is 1. The molecule has 3 nitrogen and oxygen atoms in total. The van der Waals surface area contributed by atoms with Gasteiger partial charge in [0.1, 0.15) is 5.54 Å². The maximum absolute atomic E-state index is 13.1. The Morgan fingerprint density at radius 3 is 2.46 bits per heavy atom. The second-order valence-electron chi connectivity index (χ2n) is 7.09. The minimum Gasteiger partial charge on any atom is -0.324 e. The van der Waals surface area contributed by atoms with Crippen molar-refractivity contribution in [3.8, 4) is 11.1 Å². The van der Waals surface area contributed by atoms with Gasteiger partial charge in [0, 0.05) is 11.3 Å². The van der Waals surface area contributed by atoms with Gasteiger partial charge in [-0.3, -0.25) is 9.69 Å². The highest BCUT2D eigenvalue weighted by atomic mass is 16.2. The summed E-state index contributed by atoms with van der Waals surface area (Å²) in [4.78, 5) is 15.5. The zero-order valence-corrected chi connectivity index (χ0v) is 14.2. The van der Waals surface area contributed by atoms with E-state index < -0.39 is 0 Å². The number of rotatable bonds is 3. The average molecular weight is 320 g/mol. The van der Waals surface area contributed by atoms with E-state index in [9.17, 15) is 4.79 Å². The van der Waals surface area contributed by atoms with Crippen molar-refractivity contribution in [2.45, 2.75) is 38.1 Å². The molecule has 24 heavy (non-hydrogen) atoms. The van der Waals surface area contributed by atoms with Crippen molar-refractivity contribution in [1.29, 1.82) is 0 Å². The van der Waals surface area contributed by atoms with E-state index in [1.54, 1.807) is 0 Å². The third-order valence-corrected chi connectivity index (χ3v) is 5.57. The van der Waals surface area contributed by atoms with Gasteiger partial charge >= 0.3 is 0 Å². The van der Waals surface area contributed by atoms with Crippen molar-refractivity contribution < 1.29 is 4.79 Å². The Balaban J connectivity index is 1.67. The number of carbonyl (C=O) groups excluding carboxylic acids is 1. The molecule has 0 atom stereocenters. The molecule has 2 aliphatic rings. The number of hydrogen-bond donors (Lipinski definition) is 1. The standard InChI is InChI=1S/C21H24N2O/c1-16-9-10-19(18(15-16)17-7-3-2-4-8-17)22-20(24)21-11-5-13-23(21)14-6-12-21/h2-4,7-10,15H,5-6,11-14H2,1H3,(H,22,24). The van der Waals surface area contributed by atoms with Gasteiger partial charge in [0.15, 0.2) is 0 Å². The zero-order valence-electron chi connectivity index (χ0n) is 14.2. The lowest BCUT2D eigenvalue weighted by Gasteiger charge is -2.30. The molecule has 2 aromatic rings. The Morgan fingerprint density at radius 2 is 1.75 bits per heavy atom. The van der Waals surface area contributed by atoms with Gasteiger partial charge in [0.2, 0.25) is 5.91 Å². The molecule has 2 fully saturated rings. The number of amides is 1. The second-order valence-corrected chi connectivity index (χ2v) is 7.09. The summed E-state index contributed by atoms with van der Waals surface area (Å²) in [6.45, 7) is 4.21. The fraction of sp³-hybridized carbons (Fsp3) is 0.381. The molecule has 124 valence electrons. The second kappa shape index (κ2) is 6.06. The van der Waals surface area contributed by atoms with E-state index in [1.807, 2.05) is 24.3 Å². The molecule has 1 amide bonds. The summed E-state index contributed by atoms with van der Waals surface area (Å²) in [5, 5.41) is 3.26. The number of hydrogen-bond acceptors (Lipinski definition) is 2. The number of nitrogens with one attached hydrogen (secondary N) is 1. The van der Waals surface area contributed by atoms with Crippen LogP contribution in [0.4, 0.5) is 5.69 Å². The van der Waals surface area contributed by atoms with E-state index in [2.05, 4.69) is 41.4 Å². The monoisotopic (exact) mass is 320 g/mol. The first kappa shape index (κ1) is 15.4. The van der Waals surface area contributed by atoms with Crippen LogP contribution in [-0.2, 0) is 4.79 Å². The predicted molar refractivity (Wildman–Crippen MR) is 98.0 cm³/mol. The Kier molecular flexibility index (Phi) is 3.89. The first-order valence-corrected chi connectivity index (χ1v) is 8.92. The molecule has 0 saturated carbocycles. The molecular formula is C21H24N2O. The summed E-state index contributed by atoms with van der Waals surface area (Å²) in [6, 6.07) is 16.6. The third kappa shape index (κ3) is 2.53. The summed E-state index contributed by atoms with van der Waals surface area (Å²) >= 11 is 0. The van der Waals surface area contributed by atoms with Crippen LogP contribution in [0.2, 0.25) is 0 Å². The lowest BCUT2D eigenvalue weighted by atomic mass is 9.92. The first-order chi connectivity index (χ1) is 11.7. The van der Waals surface area contributed by atoms with Crippen molar-refractivity contribution in [3.05, 3.63) is 54.1 Å². The number of benzene rings is 2. The number of anilines is 1. The molecule has 1 N–H and O–H groups in total. The minimum absolute atomic E-state index is 0.179. The predicted octanol–water partition coefficient (Wildman–Crippen LogP) is 4.23. The molecular weight excluding hydrogens is 296 g/mol. The number of carbonyl (C=O) groups is 1. The summed E-state index contributed by atoms with van der Waals surface area (Å²) in [5.74, 6) is 0.179. The van der Waals surface area contributed by atoms with Crippen LogP contribution < -0.4 is 5.32 Å². The maximum Gasteiger partial charge on any atom is 0.244 e. The van der Waals surface area contributed by atoms with Gasteiger partial charge in [-0.2, -0.15) is 0 Å². The highest BCUT2D eigenvalue weighted by Crippen LogP contribution is 2.40. The van der Waals surface area contributed by atoms with Crippen LogP contribution >= 0.6 is 0 Å². The van der Waals surface area contributed by atoms with E-state index in [-0.39, 0.29) is 11.4 Å². The summed E-state index contributed by atoms with van der Waals surface area (Å²) in [6.07, 6.45) is 4.25. The van der Waals surface area contributed by atoms with E-state index in [0.29, 0.717) is 0 Å². The molecule has 2 heterocycles. The fourth-order valence-electron chi connectivity index (χ4n) is 4.34. The van der Waals surface area contributed by atoms with Crippen molar-refractivity contribution in [3.63, 3.8) is 0 Å². The molecule has 0 bridgehead atoms. The molecule has 0 aromatic heterocycles. The van der Waals surface area contributed by atoms with Gasteiger partial charge in [-0.15, -0.1) is 0 Å². The summed E-state index contributed by atoms with van der Waals surface area (Å²) < 4.78 is 0. The zero-order chi connectivity index (χ0) is 16.6. The molecule has 0 aliphatic carbocycles. The Bertz CT molecular complexity index is 744. The number of fused-ring (bicyclic) bond motifs is 1. The van der Waals surface area contributed by atoms with Gasteiger partial charge in [-0.25, -0.2) is 0 Å². The van der Waals surface area contributed by atoms with Crippen LogP contribution in [0.5, 0.6) is 0 Å². The van der Waals surface area contributed by atoms with Crippen LogP contribution in [0.1, 0.15) is 31.2 Å². The van der Waals surface area contributed by atoms with E-state index in [1.165, 1.54) is 5.56 Å². The topological polar surface area (TPSA) is 32.3 Å². The van der Waals surface area contributed by atoms with Crippen molar-refractivity contribution in [1.82, 2.24) is 4.90 Å². The lowest BCUT2D eigenvalue weighted by molar-refractivity contribution is -0.125. The van der Waals surface area contributed by atoms with Gasteiger partial charge in [0.25, 0.3) is 0 Å². The van der Waals surface area contributed by atoms with Gasteiger partial charge < -0.3 is 5.32 Å². The van der Waals surface area contributed by atoms with E-state index in [4.69, 9.17) is 0 Å². The molecule has 0 radical (unpaired) electrons. The SMILES string of the molecule is Cc1ccc(NC(=O)C23CCCN2CCC3)c(-c2ccccc2)c1. The molecule has 0 spiro atoms. The van der Waals surface area contributed by atoms with Crippen molar-refractivity contribution in [2.75, 3.05) is 18.4 Å². The largest absolute Gasteiger partial charge is 0.324 e. The van der Waals surface area contributed by atoms with Crippen molar-refractivity contribution in [2.24, 2.45) is 0 Å². The van der Waals surface area contributed by atoms with Gasteiger partial charge in [-0.1, -0.05) is 42.0 Å². The minimum atomic E-state index is -0.265. The van der Waals surface area contributed by atoms with Crippen LogP contribution in [0.3, 0.4) is 0 Å².